The van der Waals surface area contributed by atoms with Gasteiger partial charge in [-0.05, 0) is 17.7 Å². The molecule has 2 nitrogen and oxygen atoms in total. The lowest BCUT2D eigenvalue weighted by atomic mass is 10.0. The minimum Gasteiger partial charge on any atom is -0.383 e. The number of rotatable bonds is 2. The minimum atomic E-state index is -1.11. The van der Waals surface area contributed by atoms with Crippen LogP contribution in [0, 0.1) is 17.1 Å². The Morgan fingerprint density at radius 2 is 2.31 bits per heavy atom. The van der Waals surface area contributed by atoms with Gasteiger partial charge in [-0.25, -0.2) is 4.39 Å². The van der Waals surface area contributed by atoms with Crippen molar-refractivity contribution in [2.24, 2.45) is 0 Å². The number of nitrogens with zero attached hydrogens (tertiary/aromatic N) is 1. The van der Waals surface area contributed by atoms with Crippen LogP contribution >= 0.6 is 0 Å². The van der Waals surface area contributed by atoms with Gasteiger partial charge in [-0.1, -0.05) is 18.7 Å². The Morgan fingerprint density at radius 1 is 1.62 bits per heavy atom. The molecule has 66 valence electrons. The predicted octanol–water partition coefficient (Wildman–Crippen LogP) is 1.94. The van der Waals surface area contributed by atoms with Crippen LogP contribution in [-0.2, 0) is 0 Å². The molecular formula is C10H8FNO. The Morgan fingerprint density at radius 3 is 2.85 bits per heavy atom. The van der Waals surface area contributed by atoms with Gasteiger partial charge < -0.3 is 5.11 Å². The van der Waals surface area contributed by atoms with Crippen LogP contribution in [0.25, 0.3) is 0 Å². The molecule has 0 aliphatic heterocycles. The zero-order valence-electron chi connectivity index (χ0n) is 6.87. The SMILES string of the molecule is C=C(C#N)[C@H](O)c1cccc(F)c1. The van der Waals surface area contributed by atoms with Crippen molar-refractivity contribution in [2.45, 2.75) is 6.10 Å². The number of aliphatic hydroxyl groups is 1. The van der Waals surface area contributed by atoms with Crippen molar-refractivity contribution in [2.75, 3.05) is 0 Å². The second-order valence-electron chi connectivity index (χ2n) is 2.59. The number of aliphatic hydroxyl groups excluding tert-OH is 1. The molecule has 0 saturated carbocycles. The van der Waals surface area contributed by atoms with E-state index >= 15 is 0 Å². The number of benzene rings is 1. The number of halogens is 1. The average Bonchev–Trinajstić information content (AvgIpc) is 2.15. The van der Waals surface area contributed by atoms with Crippen molar-refractivity contribution >= 4 is 0 Å². The van der Waals surface area contributed by atoms with E-state index in [2.05, 4.69) is 6.58 Å². The highest BCUT2D eigenvalue weighted by molar-refractivity contribution is 5.31. The van der Waals surface area contributed by atoms with Crippen molar-refractivity contribution in [1.29, 1.82) is 5.26 Å². The molecule has 0 aliphatic carbocycles. The lowest BCUT2D eigenvalue weighted by Gasteiger charge is -2.07. The molecule has 1 N–H and O–H groups in total. The monoisotopic (exact) mass is 177 g/mol. The van der Waals surface area contributed by atoms with Gasteiger partial charge in [-0.3, -0.25) is 0 Å². The maximum Gasteiger partial charge on any atom is 0.123 e. The second-order valence-corrected chi connectivity index (χ2v) is 2.59. The lowest BCUT2D eigenvalue weighted by Crippen LogP contribution is -1.99. The summed E-state index contributed by atoms with van der Waals surface area (Å²) < 4.78 is 12.7. The molecule has 0 amide bonds. The van der Waals surface area contributed by atoms with Gasteiger partial charge in [0.2, 0.25) is 0 Å². The minimum absolute atomic E-state index is 0.00519. The van der Waals surface area contributed by atoms with Gasteiger partial charge in [0.15, 0.2) is 0 Å². The molecule has 0 radical (unpaired) electrons. The third kappa shape index (κ3) is 2.14. The standard InChI is InChI=1S/C10H8FNO/c1-7(6-12)10(13)8-3-2-4-9(11)5-8/h2-5,10,13H,1H2/t10-/m0/s1. The third-order valence-electron chi connectivity index (χ3n) is 1.64. The molecular weight excluding hydrogens is 169 g/mol. The van der Waals surface area contributed by atoms with Gasteiger partial charge in [0.05, 0.1) is 11.6 Å². The predicted molar refractivity (Wildman–Crippen MR) is 46.1 cm³/mol. The van der Waals surface area contributed by atoms with Crippen molar-refractivity contribution in [3.05, 3.63) is 47.8 Å². The van der Waals surface area contributed by atoms with Gasteiger partial charge in [0.25, 0.3) is 0 Å². The van der Waals surface area contributed by atoms with E-state index in [1.165, 1.54) is 24.3 Å². The highest BCUT2D eigenvalue weighted by atomic mass is 19.1. The molecule has 0 bridgehead atoms. The Hall–Kier alpha value is -1.66. The fourth-order valence-corrected chi connectivity index (χ4v) is 0.939. The van der Waals surface area contributed by atoms with Crippen molar-refractivity contribution in [3.63, 3.8) is 0 Å². The molecule has 3 heteroatoms. The Bertz CT molecular complexity index is 367. The highest BCUT2D eigenvalue weighted by Crippen LogP contribution is 2.19. The summed E-state index contributed by atoms with van der Waals surface area (Å²) in [6, 6.07) is 7.17. The Kier molecular flexibility index (Phi) is 2.78. The summed E-state index contributed by atoms with van der Waals surface area (Å²) in [5.74, 6) is -0.442. The molecule has 1 aromatic carbocycles. The smallest absolute Gasteiger partial charge is 0.123 e. The summed E-state index contributed by atoms with van der Waals surface area (Å²) in [7, 11) is 0. The molecule has 0 aliphatic rings. The first-order valence-electron chi connectivity index (χ1n) is 3.67. The second kappa shape index (κ2) is 3.83. The number of hydrogen-bond donors (Lipinski definition) is 1. The largest absolute Gasteiger partial charge is 0.383 e. The van der Waals surface area contributed by atoms with E-state index in [4.69, 9.17) is 5.26 Å². The normalized spacial score (nSPS) is 11.8. The summed E-state index contributed by atoms with van der Waals surface area (Å²) in [5.41, 5.74) is 0.345. The summed E-state index contributed by atoms with van der Waals surface area (Å²) in [6.07, 6.45) is -1.11. The average molecular weight is 177 g/mol. The van der Waals surface area contributed by atoms with E-state index in [1.807, 2.05) is 0 Å². The number of nitriles is 1. The lowest BCUT2D eigenvalue weighted by molar-refractivity contribution is 0.220. The molecule has 1 aromatic rings. The van der Waals surface area contributed by atoms with Crippen LogP contribution in [0.5, 0.6) is 0 Å². The van der Waals surface area contributed by atoms with Gasteiger partial charge >= 0.3 is 0 Å². The topological polar surface area (TPSA) is 44.0 Å². The molecule has 0 heterocycles. The van der Waals surface area contributed by atoms with Crippen molar-refractivity contribution in [1.82, 2.24) is 0 Å². The van der Waals surface area contributed by atoms with Crippen LogP contribution in [0.15, 0.2) is 36.4 Å². The van der Waals surface area contributed by atoms with Gasteiger partial charge in [0, 0.05) is 0 Å². The quantitative estimate of drug-likeness (QED) is 0.701. The molecule has 0 saturated heterocycles. The maximum absolute atomic E-state index is 12.7. The highest BCUT2D eigenvalue weighted by Gasteiger charge is 2.10. The van der Waals surface area contributed by atoms with E-state index in [0.717, 1.165) is 0 Å². The van der Waals surface area contributed by atoms with E-state index in [-0.39, 0.29) is 5.57 Å². The van der Waals surface area contributed by atoms with E-state index in [1.54, 1.807) is 6.07 Å². The van der Waals surface area contributed by atoms with E-state index in [9.17, 15) is 9.50 Å². The summed E-state index contributed by atoms with van der Waals surface area (Å²) in [6.45, 7) is 3.35. The first-order valence-corrected chi connectivity index (χ1v) is 3.67. The van der Waals surface area contributed by atoms with Crippen LogP contribution in [0.1, 0.15) is 11.7 Å². The zero-order chi connectivity index (χ0) is 9.84. The van der Waals surface area contributed by atoms with E-state index < -0.39 is 11.9 Å². The third-order valence-corrected chi connectivity index (χ3v) is 1.64. The van der Waals surface area contributed by atoms with Gasteiger partial charge in [-0.15, -0.1) is 0 Å². The summed E-state index contributed by atoms with van der Waals surface area (Å²) >= 11 is 0. The van der Waals surface area contributed by atoms with Crippen LogP contribution in [0.2, 0.25) is 0 Å². The Balaban J connectivity index is 2.96. The van der Waals surface area contributed by atoms with Gasteiger partial charge in [0.1, 0.15) is 11.9 Å². The fraction of sp³-hybridized carbons (Fsp3) is 0.100. The molecule has 1 atom stereocenters. The van der Waals surface area contributed by atoms with Gasteiger partial charge in [-0.2, -0.15) is 5.26 Å². The van der Waals surface area contributed by atoms with E-state index in [0.29, 0.717) is 5.56 Å². The van der Waals surface area contributed by atoms with Crippen molar-refractivity contribution in [3.8, 4) is 6.07 Å². The maximum atomic E-state index is 12.7. The molecule has 0 fully saturated rings. The molecule has 0 aromatic heterocycles. The van der Waals surface area contributed by atoms with Crippen LogP contribution < -0.4 is 0 Å². The Labute approximate surface area is 75.6 Å². The fourth-order valence-electron chi connectivity index (χ4n) is 0.939. The zero-order valence-corrected chi connectivity index (χ0v) is 6.87. The molecule has 1 rings (SSSR count). The first kappa shape index (κ1) is 9.43. The van der Waals surface area contributed by atoms with Crippen LogP contribution in [0.4, 0.5) is 4.39 Å². The first-order chi connectivity index (χ1) is 6.15. The number of hydrogen-bond acceptors (Lipinski definition) is 2. The summed E-state index contributed by atoms with van der Waals surface area (Å²) in [5, 5.41) is 17.9. The molecule has 0 unspecified atom stereocenters. The van der Waals surface area contributed by atoms with Crippen molar-refractivity contribution < 1.29 is 9.50 Å². The van der Waals surface area contributed by atoms with Crippen LogP contribution in [0.3, 0.4) is 0 Å². The molecule has 0 spiro atoms. The molecule has 13 heavy (non-hydrogen) atoms. The summed E-state index contributed by atoms with van der Waals surface area (Å²) in [4.78, 5) is 0. The van der Waals surface area contributed by atoms with Crippen LogP contribution in [-0.4, -0.2) is 5.11 Å².